The maximum Gasteiger partial charge on any atom is 0.322 e. The van der Waals surface area contributed by atoms with Gasteiger partial charge in [-0.2, -0.15) is 0 Å². The third-order valence-electron chi connectivity index (χ3n) is 1.87. The maximum absolute atomic E-state index is 12.8. The highest BCUT2D eigenvalue weighted by atomic mass is 35.5. The molecule has 0 saturated heterocycles. The average molecular weight is 249 g/mol. The molecule has 16 heavy (non-hydrogen) atoms. The van der Waals surface area contributed by atoms with Gasteiger partial charge in [-0.3, -0.25) is 9.59 Å². The van der Waals surface area contributed by atoms with Crippen molar-refractivity contribution in [1.29, 1.82) is 0 Å². The standard InChI is InChI=1S/C10H7ClF2O3/c11-6(10(15)16)4-9(14)5-1-2-7(12)8(13)3-5/h1-3,6H,4H2,(H,15,16). The SMILES string of the molecule is O=C(CC(Cl)C(=O)O)c1ccc(F)c(F)c1. The molecule has 6 heteroatoms. The Balaban J connectivity index is 2.81. The number of alkyl halides is 1. The van der Waals surface area contributed by atoms with Gasteiger partial charge in [0.1, 0.15) is 5.38 Å². The molecule has 1 atom stereocenters. The second kappa shape index (κ2) is 5.03. The molecule has 0 radical (unpaired) electrons. The molecule has 0 spiro atoms. The molecule has 0 aliphatic heterocycles. The van der Waals surface area contributed by atoms with E-state index in [0.29, 0.717) is 6.07 Å². The summed E-state index contributed by atoms with van der Waals surface area (Å²) < 4.78 is 25.3. The molecule has 1 unspecified atom stereocenters. The van der Waals surface area contributed by atoms with E-state index in [1.54, 1.807) is 0 Å². The summed E-state index contributed by atoms with van der Waals surface area (Å²) in [5.74, 6) is -4.22. The lowest BCUT2D eigenvalue weighted by Gasteiger charge is -2.03. The number of aliphatic carboxylic acids is 1. The van der Waals surface area contributed by atoms with Gasteiger partial charge in [-0.15, -0.1) is 11.6 Å². The maximum atomic E-state index is 12.8. The topological polar surface area (TPSA) is 54.4 Å². The molecule has 0 aliphatic rings. The summed E-state index contributed by atoms with van der Waals surface area (Å²) in [5, 5.41) is 7.08. The second-order valence-electron chi connectivity index (χ2n) is 3.06. The quantitative estimate of drug-likeness (QED) is 0.657. The molecule has 1 aromatic rings. The van der Waals surface area contributed by atoms with Crippen LogP contribution in [0, 0.1) is 11.6 Å². The highest BCUT2D eigenvalue weighted by molar-refractivity contribution is 6.31. The van der Waals surface area contributed by atoms with Gasteiger partial charge < -0.3 is 5.11 Å². The number of halogens is 3. The van der Waals surface area contributed by atoms with Gasteiger partial charge >= 0.3 is 5.97 Å². The molecule has 0 bridgehead atoms. The number of carbonyl (C=O) groups excluding carboxylic acids is 1. The molecule has 1 rings (SSSR count). The summed E-state index contributed by atoms with van der Waals surface area (Å²) in [5.41, 5.74) is -0.106. The predicted molar refractivity (Wildman–Crippen MR) is 52.6 cm³/mol. The van der Waals surface area contributed by atoms with Crippen LogP contribution < -0.4 is 0 Å². The number of rotatable bonds is 4. The minimum absolute atomic E-state index is 0.106. The Labute approximate surface area is 94.6 Å². The third-order valence-corrected chi connectivity index (χ3v) is 2.22. The van der Waals surface area contributed by atoms with E-state index in [-0.39, 0.29) is 5.56 Å². The highest BCUT2D eigenvalue weighted by Gasteiger charge is 2.19. The molecule has 0 fully saturated rings. The number of hydrogen-bond acceptors (Lipinski definition) is 2. The molecule has 0 aliphatic carbocycles. The normalized spacial score (nSPS) is 12.2. The first-order valence-electron chi connectivity index (χ1n) is 4.27. The van der Waals surface area contributed by atoms with Crippen molar-refractivity contribution < 1.29 is 23.5 Å². The number of Topliss-reactive ketones (excluding diaryl/α,β-unsaturated/α-hetero) is 1. The van der Waals surface area contributed by atoms with Crippen LogP contribution in [0.2, 0.25) is 0 Å². The summed E-state index contributed by atoms with van der Waals surface area (Å²) in [7, 11) is 0. The summed E-state index contributed by atoms with van der Waals surface area (Å²) in [6.45, 7) is 0. The van der Waals surface area contributed by atoms with Crippen LogP contribution in [0.25, 0.3) is 0 Å². The van der Waals surface area contributed by atoms with Crippen LogP contribution >= 0.6 is 11.6 Å². The van der Waals surface area contributed by atoms with Crippen molar-refractivity contribution in [2.24, 2.45) is 0 Å². The van der Waals surface area contributed by atoms with Crippen LogP contribution in [0.3, 0.4) is 0 Å². The molecule has 0 saturated carbocycles. The van der Waals surface area contributed by atoms with Crippen molar-refractivity contribution in [3.05, 3.63) is 35.4 Å². The Bertz CT molecular complexity index is 434. The van der Waals surface area contributed by atoms with Crippen molar-refractivity contribution in [2.75, 3.05) is 0 Å². The Kier molecular flexibility index (Phi) is 3.95. The molecule has 0 amide bonds. The number of benzene rings is 1. The largest absolute Gasteiger partial charge is 0.480 e. The first-order valence-corrected chi connectivity index (χ1v) is 4.70. The number of hydrogen-bond donors (Lipinski definition) is 1. The van der Waals surface area contributed by atoms with E-state index >= 15 is 0 Å². The Morgan fingerprint density at radius 3 is 2.44 bits per heavy atom. The molecule has 0 heterocycles. The first-order chi connectivity index (χ1) is 7.41. The van der Waals surface area contributed by atoms with E-state index in [9.17, 15) is 18.4 Å². The van der Waals surface area contributed by atoms with E-state index in [4.69, 9.17) is 16.7 Å². The van der Waals surface area contributed by atoms with Gasteiger partial charge in [0.2, 0.25) is 0 Å². The lowest BCUT2D eigenvalue weighted by atomic mass is 10.1. The first kappa shape index (κ1) is 12.6. The molecule has 86 valence electrons. The van der Waals surface area contributed by atoms with Crippen LogP contribution in [0.1, 0.15) is 16.8 Å². The molecule has 1 N–H and O–H groups in total. The van der Waals surface area contributed by atoms with E-state index < -0.39 is 35.2 Å². The Morgan fingerprint density at radius 1 is 1.31 bits per heavy atom. The lowest BCUT2D eigenvalue weighted by molar-refractivity contribution is -0.136. The molecular weight excluding hydrogens is 242 g/mol. The fraction of sp³-hybridized carbons (Fsp3) is 0.200. The van der Waals surface area contributed by atoms with Gasteiger partial charge in [0.05, 0.1) is 0 Å². The minimum Gasteiger partial charge on any atom is -0.480 e. The van der Waals surface area contributed by atoms with E-state index in [0.717, 1.165) is 12.1 Å². The summed E-state index contributed by atoms with van der Waals surface area (Å²) in [6, 6.07) is 2.59. The van der Waals surface area contributed by atoms with Crippen molar-refractivity contribution in [1.82, 2.24) is 0 Å². The third kappa shape index (κ3) is 3.00. The van der Waals surface area contributed by atoms with Crippen molar-refractivity contribution >= 4 is 23.4 Å². The monoisotopic (exact) mass is 248 g/mol. The number of carbonyl (C=O) groups is 2. The van der Waals surface area contributed by atoms with Crippen LogP contribution in [-0.4, -0.2) is 22.2 Å². The summed E-state index contributed by atoms with van der Waals surface area (Å²) in [6.07, 6.45) is -0.470. The number of ketones is 1. The zero-order valence-corrected chi connectivity index (χ0v) is 8.67. The van der Waals surface area contributed by atoms with Gasteiger partial charge in [-0.05, 0) is 18.2 Å². The van der Waals surface area contributed by atoms with Crippen LogP contribution in [0.5, 0.6) is 0 Å². The van der Waals surface area contributed by atoms with Crippen molar-refractivity contribution in [3.8, 4) is 0 Å². The lowest BCUT2D eigenvalue weighted by Crippen LogP contribution is -2.18. The zero-order valence-electron chi connectivity index (χ0n) is 7.91. The number of carboxylic acids is 1. The average Bonchev–Trinajstić information content (AvgIpc) is 2.21. The summed E-state index contributed by atoms with van der Waals surface area (Å²) >= 11 is 5.34. The predicted octanol–water partition coefficient (Wildman–Crippen LogP) is 2.23. The molecule has 0 aromatic heterocycles. The molecule has 1 aromatic carbocycles. The van der Waals surface area contributed by atoms with E-state index in [1.807, 2.05) is 0 Å². The van der Waals surface area contributed by atoms with Crippen molar-refractivity contribution in [3.63, 3.8) is 0 Å². The van der Waals surface area contributed by atoms with Crippen LogP contribution in [0.15, 0.2) is 18.2 Å². The highest BCUT2D eigenvalue weighted by Crippen LogP contribution is 2.13. The van der Waals surface area contributed by atoms with Gasteiger partial charge in [0.25, 0.3) is 0 Å². The van der Waals surface area contributed by atoms with Crippen LogP contribution in [-0.2, 0) is 4.79 Å². The second-order valence-corrected chi connectivity index (χ2v) is 3.59. The van der Waals surface area contributed by atoms with Gasteiger partial charge in [-0.25, -0.2) is 8.78 Å². The minimum atomic E-state index is -1.37. The van der Waals surface area contributed by atoms with E-state index in [1.165, 1.54) is 0 Å². The Morgan fingerprint density at radius 2 is 1.94 bits per heavy atom. The fourth-order valence-corrected chi connectivity index (χ4v) is 1.18. The molecule has 3 nitrogen and oxygen atoms in total. The fourth-order valence-electron chi connectivity index (χ4n) is 1.04. The van der Waals surface area contributed by atoms with E-state index in [2.05, 4.69) is 0 Å². The van der Waals surface area contributed by atoms with Crippen molar-refractivity contribution in [2.45, 2.75) is 11.8 Å². The zero-order chi connectivity index (χ0) is 12.3. The van der Waals surface area contributed by atoms with Gasteiger partial charge in [-0.1, -0.05) is 0 Å². The van der Waals surface area contributed by atoms with Crippen LogP contribution in [0.4, 0.5) is 8.78 Å². The van der Waals surface area contributed by atoms with Gasteiger partial charge in [0.15, 0.2) is 17.4 Å². The Hall–Kier alpha value is -1.49. The summed E-state index contributed by atoms with van der Waals surface area (Å²) in [4.78, 5) is 21.8. The smallest absolute Gasteiger partial charge is 0.322 e. The molecular formula is C10H7ClF2O3. The van der Waals surface area contributed by atoms with Gasteiger partial charge in [0, 0.05) is 12.0 Å². The number of carboxylic acid groups (broad SMARTS) is 1.